The number of nitrogens with two attached hydrogens (primary N) is 2. The van der Waals surface area contributed by atoms with E-state index in [2.05, 4.69) is 0 Å². The average molecular weight is 210 g/mol. The largest absolute Gasteiger partial charge is 0.480 e. The molecule has 0 aliphatic heterocycles. The maximum absolute atomic E-state index is 10.0. The van der Waals surface area contributed by atoms with E-state index in [-0.39, 0.29) is 0 Å². The molecule has 84 valence electrons. The van der Waals surface area contributed by atoms with Gasteiger partial charge in [-0.3, -0.25) is 4.79 Å². The maximum Gasteiger partial charge on any atom is 0.320 e. The zero-order valence-electron chi connectivity index (χ0n) is 8.67. The van der Waals surface area contributed by atoms with Gasteiger partial charge in [0.05, 0.1) is 0 Å². The predicted octanol–water partition coefficient (Wildman–Crippen LogP) is 0.824. The Morgan fingerprint density at radius 1 is 1.13 bits per heavy atom. The molecule has 0 saturated carbocycles. The van der Waals surface area contributed by atoms with Crippen LogP contribution in [0.5, 0.6) is 0 Å². The molecule has 0 amide bonds. The highest BCUT2D eigenvalue weighted by atomic mass is 16.4. The SMILES string of the molecule is NCCCC(N)C(=O)O.c1ccccc1. The fourth-order valence-corrected chi connectivity index (χ4v) is 0.846. The van der Waals surface area contributed by atoms with Crippen molar-refractivity contribution in [1.29, 1.82) is 0 Å². The third-order valence-corrected chi connectivity index (χ3v) is 1.70. The third kappa shape index (κ3) is 8.93. The Kier molecular flexibility index (Phi) is 8.33. The number of carboxylic acids is 1. The van der Waals surface area contributed by atoms with Gasteiger partial charge in [-0.05, 0) is 19.4 Å². The summed E-state index contributed by atoms with van der Waals surface area (Å²) in [5.41, 5.74) is 10.3. The van der Waals surface area contributed by atoms with E-state index in [1.165, 1.54) is 0 Å². The number of carboxylic acid groups (broad SMARTS) is 1. The first kappa shape index (κ1) is 13.6. The van der Waals surface area contributed by atoms with E-state index >= 15 is 0 Å². The second-order valence-electron chi connectivity index (χ2n) is 3.03. The van der Waals surface area contributed by atoms with Gasteiger partial charge in [0.2, 0.25) is 0 Å². The molecule has 0 bridgehead atoms. The molecule has 0 radical (unpaired) electrons. The molecule has 0 heterocycles. The fourth-order valence-electron chi connectivity index (χ4n) is 0.846. The van der Waals surface area contributed by atoms with E-state index in [0.29, 0.717) is 19.4 Å². The van der Waals surface area contributed by atoms with Crippen LogP contribution in [0.25, 0.3) is 0 Å². The van der Waals surface area contributed by atoms with Gasteiger partial charge in [0.25, 0.3) is 0 Å². The normalized spacial score (nSPS) is 11.1. The molecule has 1 atom stereocenters. The van der Waals surface area contributed by atoms with Crippen LogP contribution in [0.4, 0.5) is 0 Å². The van der Waals surface area contributed by atoms with E-state index in [1.807, 2.05) is 36.4 Å². The molecule has 0 fully saturated rings. The molecule has 1 aromatic carbocycles. The first-order valence-corrected chi connectivity index (χ1v) is 4.87. The Bertz CT molecular complexity index is 225. The second-order valence-corrected chi connectivity index (χ2v) is 3.03. The van der Waals surface area contributed by atoms with Gasteiger partial charge in [-0.2, -0.15) is 0 Å². The summed E-state index contributed by atoms with van der Waals surface area (Å²) < 4.78 is 0. The quantitative estimate of drug-likeness (QED) is 0.686. The number of aliphatic carboxylic acids is 1. The zero-order chi connectivity index (χ0) is 11.5. The van der Waals surface area contributed by atoms with E-state index in [4.69, 9.17) is 16.6 Å². The minimum atomic E-state index is -0.955. The first-order valence-electron chi connectivity index (χ1n) is 4.87. The Balaban J connectivity index is 0.000000280. The van der Waals surface area contributed by atoms with Gasteiger partial charge in [-0.1, -0.05) is 36.4 Å². The van der Waals surface area contributed by atoms with Crippen molar-refractivity contribution in [2.24, 2.45) is 11.5 Å². The minimum absolute atomic E-state index is 0.464. The van der Waals surface area contributed by atoms with Crippen molar-refractivity contribution in [2.75, 3.05) is 6.54 Å². The topological polar surface area (TPSA) is 89.3 Å². The van der Waals surface area contributed by atoms with Gasteiger partial charge in [-0.25, -0.2) is 0 Å². The summed E-state index contributed by atoms with van der Waals surface area (Å²) in [7, 11) is 0. The van der Waals surface area contributed by atoms with Crippen molar-refractivity contribution < 1.29 is 9.90 Å². The molecule has 15 heavy (non-hydrogen) atoms. The average Bonchev–Trinajstić information content (AvgIpc) is 2.29. The van der Waals surface area contributed by atoms with Crippen LogP contribution < -0.4 is 11.5 Å². The molecule has 0 aliphatic rings. The molecular weight excluding hydrogens is 192 g/mol. The molecule has 4 heteroatoms. The molecule has 1 aromatic rings. The lowest BCUT2D eigenvalue weighted by Gasteiger charge is -2.02. The molecule has 0 saturated heterocycles. The molecule has 0 aliphatic carbocycles. The summed E-state index contributed by atoms with van der Waals surface area (Å²) in [6, 6.07) is 11.3. The van der Waals surface area contributed by atoms with Crippen LogP contribution in [0, 0.1) is 0 Å². The molecule has 0 spiro atoms. The smallest absolute Gasteiger partial charge is 0.320 e. The van der Waals surface area contributed by atoms with Gasteiger partial charge in [0.1, 0.15) is 6.04 Å². The Labute approximate surface area is 89.9 Å². The van der Waals surface area contributed by atoms with Crippen LogP contribution in [0.3, 0.4) is 0 Å². The van der Waals surface area contributed by atoms with Crippen molar-refractivity contribution in [2.45, 2.75) is 18.9 Å². The summed E-state index contributed by atoms with van der Waals surface area (Å²) in [5, 5.41) is 8.24. The third-order valence-electron chi connectivity index (χ3n) is 1.70. The van der Waals surface area contributed by atoms with Gasteiger partial charge < -0.3 is 16.6 Å². The van der Waals surface area contributed by atoms with Crippen LogP contribution in [0.1, 0.15) is 12.8 Å². The van der Waals surface area contributed by atoms with E-state index in [9.17, 15) is 4.79 Å². The molecule has 0 aromatic heterocycles. The fraction of sp³-hybridized carbons (Fsp3) is 0.364. The second kappa shape index (κ2) is 9.18. The van der Waals surface area contributed by atoms with Crippen LogP contribution >= 0.6 is 0 Å². The highest BCUT2D eigenvalue weighted by molar-refractivity contribution is 5.72. The van der Waals surface area contributed by atoms with Crippen LogP contribution in [0.15, 0.2) is 36.4 Å². The van der Waals surface area contributed by atoms with Crippen LogP contribution in [-0.2, 0) is 4.79 Å². The van der Waals surface area contributed by atoms with Gasteiger partial charge in [0.15, 0.2) is 0 Å². The van der Waals surface area contributed by atoms with Crippen LogP contribution in [-0.4, -0.2) is 23.7 Å². The number of hydrogen-bond acceptors (Lipinski definition) is 3. The molecular formula is C11H18N2O2. The van der Waals surface area contributed by atoms with E-state index in [0.717, 1.165) is 0 Å². The van der Waals surface area contributed by atoms with Crippen molar-refractivity contribution in [3.05, 3.63) is 36.4 Å². The van der Waals surface area contributed by atoms with Crippen LogP contribution in [0.2, 0.25) is 0 Å². The number of carbonyl (C=O) groups is 1. The summed E-state index contributed by atoms with van der Waals surface area (Å²) in [4.78, 5) is 10.0. The molecule has 1 unspecified atom stereocenters. The van der Waals surface area contributed by atoms with Gasteiger partial charge in [-0.15, -0.1) is 0 Å². The Hall–Kier alpha value is -1.39. The monoisotopic (exact) mass is 210 g/mol. The number of hydrogen-bond donors (Lipinski definition) is 3. The molecule has 4 nitrogen and oxygen atoms in total. The van der Waals surface area contributed by atoms with Gasteiger partial charge in [0, 0.05) is 0 Å². The Morgan fingerprint density at radius 2 is 1.53 bits per heavy atom. The number of benzene rings is 1. The highest BCUT2D eigenvalue weighted by Gasteiger charge is 2.08. The van der Waals surface area contributed by atoms with Crippen molar-refractivity contribution >= 4 is 5.97 Å². The number of rotatable bonds is 4. The maximum atomic E-state index is 10.0. The lowest BCUT2D eigenvalue weighted by molar-refractivity contribution is -0.138. The molecule has 5 N–H and O–H groups in total. The predicted molar refractivity (Wildman–Crippen MR) is 60.3 cm³/mol. The summed E-state index contributed by atoms with van der Waals surface area (Å²) >= 11 is 0. The van der Waals surface area contributed by atoms with Gasteiger partial charge >= 0.3 is 5.97 Å². The lowest BCUT2D eigenvalue weighted by atomic mass is 10.2. The molecule has 1 rings (SSSR count). The van der Waals surface area contributed by atoms with Crippen molar-refractivity contribution in [1.82, 2.24) is 0 Å². The standard InChI is InChI=1S/C6H6.C5H12N2O2/c1-2-4-6-5-3-1;6-3-1-2-4(7)5(8)9/h1-6H;4H,1-3,6-7H2,(H,8,9). The highest BCUT2D eigenvalue weighted by Crippen LogP contribution is 1.91. The van der Waals surface area contributed by atoms with E-state index in [1.54, 1.807) is 0 Å². The van der Waals surface area contributed by atoms with Crippen molar-refractivity contribution in [3.63, 3.8) is 0 Å². The summed E-state index contributed by atoms with van der Waals surface area (Å²) in [5.74, 6) is -0.955. The summed E-state index contributed by atoms with van der Waals surface area (Å²) in [6.07, 6.45) is 1.14. The Morgan fingerprint density at radius 3 is 1.80 bits per heavy atom. The lowest BCUT2D eigenvalue weighted by Crippen LogP contribution is -2.30. The summed E-state index contributed by atoms with van der Waals surface area (Å²) in [6.45, 7) is 0.501. The van der Waals surface area contributed by atoms with Crippen molar-refractivity contribution in [3.8, 4) is 0 Å². The first-order chi connectivity index (χ1) is 7.18. The van der Waals surface area contributed by atoms with E-state index < -0.39 is 12.0 Å². The zero-order valence-corrected chi connectivity index (χ0v) is 8.67. The minimum Gasteiger partial charge on any atom is -0.480 e.